The summed E-state index contributed by atoms with van der Waals surface area (Å²) in [6.07, 6.45) is 1.65. The molecule has 0 fully saturated rings. The Kier molecular flexibility index (Phi) is 3.36. The van der Waals surface area contributed by atoms with Gasteiger partial charge in [0.1, 0.15) is 0 Å². The molecule has 2 aromatic rings. The number of nitriles is 1. The molecule has 17 heavy (non-hydrogen) atoms. The van der Waals surface area contributed by atoms with Gasteiger partial charge in [-0.1, -0.05) is 19.1 Å². The molecule has 3 heteroatoms. The van der Waals surface area contributed by atoms with Crippen molar-refractivity contribution in [2.45, 2.75) is 19.4 Å². The Morgan fingerprint density at radius 3 is 2.94 bits per heavy atom. The van der Waals surface area contributed by atoms with Crippen LogP contribution in [0.5, 0.6) is 0 Å². The van der Waals surface area contributed by atoms with Crippen molar-refractivity contribution in [1.29, 1.82) is 5.26 Å². The fourth-order valence-corrected chi connectivity index (χ4v) is 1.90. The van der Waals surface area contributed by atoms with E-state index in [1.54, 1.807) is 6.20 Å². The van der Waals surface area contributed by atoms with Crippen LogP contribution >= 0.6 is 0 Å². The van der Waals surface area contributed by atoms with Crippen LogP contribution in [-0.4, -0.2) is 10.1 Å². The summed E-state index contributed by atoms with van der Waals surface area (Å²) in [5.41, 5.74) is 1.67. The number of nitrogens with zero attached hydrogens (tertiary/aromatic N) is 2. The van der Waals surface area contributed by atoms with Gasteiger partial charge in [-0.05, 0) is 30.2 Å². The number of hydrogen-bond acceptors (Lipinski definition) is 3. The van der Waals surface area contributed by atoms with Crippen LogP contribution in [0.15, 0.2) is 36.5 Å². The minimum Gasteiger partial charge on any atom is -0.387 e. The maximum atomic E-state index is 10.1. The maximum Gasteiger partial charge on any atom is 0.0948 e. The van der Waals surface area contributed by atoms with Gasteiger partial charge in [0.15, 0.2) is 0 Å². The highest BCUT2D eigenvalue weighted by atomic mass is 16.3. The van der Waals surface area contributed by atoms with Gasteiger partial charge in [0.05, 0.1) is 23.6 Å². The monoisotopic (exact) mass is 226 g/mol. The van der Waals surface area contributed by atoms with Crippen molar-refractivity contribution in [3.63, 3.8) is 0 Å². The number of rotatable bonds is 3. The second kappa shape index (κ2) is 4.94. The minimum absolute atomic E-state index is 0.357. The van der Waals surface area contributed by atoms with Crippen molar-refractivity contribution in [1.82, 2.24) is 4.98 Å². The van der Waals surface area contributed by atoms with E-state index in [9.17, 15) is 5.11 Å². The topological polar surface area (TPSA) is 56.9 Å². The van der Waals surface area contributed by atoms with E-state index < -0.39 is 6.10 Å². The molecule has 3 nitrogen and oxygen atoms in total. The highest BCUT2D eigenvalue weighted by Crippen LogP contribution is 2.26. The quantitative estimate of drug-likeness (QED) is 0.875. The Labute approximate surface area is 100 Å². The third-order valence-electron chi connectivity index (χ3n) is 2.96. The number of hydrogen-bond donors (Lipinski definition) is 1. The summed E-state index contributed by atoms with van der Waals surface area (Å²) in [6.45, 7) is 1.90. The molecule has 0 spiro atoms. The van der Waals surface area contributed by atoms with Gasteiger partial charge in [-0.3, -0.25) is 4.98 Å². The summed E-state index contributed by atoms with van der Waals surface area (Å²) in [5, 5.41) is 20.0. The smallest absolute Gasteiger partial charge is 0.0948 e. The van der Waals surface area contributed by atoms with E-state index in [2.05, 4.69) is 11.1 Å². The molecule has 86 valence electrons. The van der Waals surface area contributed by atoms with Crippen molar-refractivity contribution in [3.05, 3.63) is 42.1 Å². The van der Waals surface area contributed by atoms with E-state index in [-0.39, 0.29) is 5.92 Å². The van der Waals surface area contributed by atoms with Crippen LogP contribution in [0, 0.1) is 17.2 Å². The Morgan fingerprint density at radius 2 is 2.24 bits per heavy atom. The van der Waals surface area contributed by atoms with Gasteiger partial charge in [0.25, 0.3) is 0 Å². The van der Waals surface area contributed by atoms with Crippen molar-refractivity contribution in [2.75, 3.05) is 0 Å². The fraction of sp³-hybridized carbons (Fsp3) is 0.286. The lowest BCUT2D eigenvalue weighted by Crippen LogP contribution is -2.09. The number of pyridine rings is 1. The maximum absolute atomic E-state index is 10.1. The molecule has 1 aromatic carbocycles. The van der Waals surface area contributed by atoms with Crippen LogP contribution in [0.25, 0.3) is 10.9 Å². The first-order valence-electron chi connectivity index (χ1n) is 5.68. The molecule has 2 unspecified atom stereocenters. The van der Waals surface area contributed by atoms with Crippen molar-refractivity contribution >= 4 is 10.9 Å². The van der Waals surface area contributed by atoms with Gasteiger partial charge in [-0.15, -0.1) is 0 Å². The second-order valence-corrected chi connectivity index (χ2v) is 4.04. The first-order chi connectivity index (χ1) is 8.26. The third kappa shape index (κ3) is 2.27. The van der Waals surface area contributed by atoms with E-state index in [1.165, 1.54) is 0 Å². The lowest BCUT2D eigenvalue weighted by molar-refractivity contribution is 0.133. The predicted octanol–water partition coefficient (Wildman–Crippen LogP) is 2.82. The third-order valence-corrected chi connectivity index (χ3v) is 2.96. The van der Waals surface area contributed by atoms with E-state index in [0.717, 1.165) is 16.5 Å². The molecule has 0 saturated carbocycles. The van der Waals surface area contributed by atoms with Crippen LogP contribution in [0.1, 0.15) is 25.0 Å². The van der Waals surface area contributed by atoms with Crippen LogP contribution in [-0.2, 0) is 0 Å². The SMILES string of the molecule is CCC(C#N)C(O)c1ccc2ncccc2c1. The summed E-state index contributed by atoms with van der Waals surface area (Å²) in [4.78, 5) is 4.22. The molecule has 0 amide bonds. The average Bonchev–Trinajstić information content (AvgIpc) is 2.39. The molecule has 2 rings (SSSR count). The Balaban J connectivity index is 2.39. The van der Waals surface area contributed by atoms with Gasteiger partial charge in [-0.25, -0.2) is 0 Å². The summed E-state index contributed by atoms with van der Waals surface area (Å²) in [5.74, 6) is -0.357. The van der Waals surface area contributed by atoms with Gasteiger partial charge in [0.2, 0.25) is 0 Å². The lowest BCUT2D eigenvalue weighted by Gasteiger charge is -2.15. The van der Waals surface area contributed by atoms with E-state index in [1.807, 2.05) is 37.3 Å². The first kappa shape index (κ1) is 11.6. The van der Waals surface area contributed by atoms with Crippen molar-refractivity contribution < 1.29 is 5.11 Å². The van der Waals surface area contributed by atoms with Gasteiger partial charge >= 0.3 is 0 Å². The first-order valence-corrected chi connectivity index (χ1v) is 5.68. The molecule has 2 atom stereocenters. The summed E-state index contributed by atoms with van der Waals surface area (Å²) in [6, 6.07) is 11.5. The molecule has 1 heterocycles. The molecule has 1 aromatic heterocycles. The highest BCUT2D eigenvalue weighted by molar-refractivity contribution is 5.79. The summed E-state index contributed by atoms with van der Waals surface area (Å²) in [7, 11) is 0. The number of aliphatic hydroxyl groups excluding tert-OH is 1. The predicted molar refractivity (Wildman–Crippen MR) is 66.1 cm³/mol. The van der Waals surface area contributed by atoms with Crippen molar-refractivity contribution in [3.8, 4) is 6.07 Å². The normalized spacial score (nSPS) is 14.2. The van der Waals surface area contributed by atoms with E-state index >= 15 is 0 Å². The zero-order chi connectivity index (χ0) is 12.3. The van der Waals surface area contributed by atoms with Crippen molar-refractivity contribution in [2.24, 2.45) is 5.92 Å². The number of aromatic nitrogens is 1. The summed E-state index contributed by atoms with van der Waals surface area (Å²) >= 11 is 0. The fourth-order valence-electron chi connectivity index (χ4n) is 1.90. The minimum atomic E-state index is -0.727. The van der Waals surface area contributed by atoms with Gasteiger partial charge in [0, 0.05) is 11.6 Å². The van der Waals surface area contributed by atoms with E-state index in [4.69, 9.17) is 5.26 Å². The molecule has 0 bridgehead atoms. The molecule has 0 radical (unpaired) electrons. The number of fused-ring (bicyclic) bond motifs is 1. The standard InChI is InChI=1S/C14H14N2O/c1-2-10(9-15)14(17)12-5-6-13-11(8-12)4-3-7-16-13/h3-8,10,14,17H,2H2,1H3. The number of aliphatic hydroxyl groups is 1. The van der Waals surface area contributed by atoms with Crippen LogP contribution in [0.4, 0.5) is 0 Å². The number of benzene rings is 1. The molecule has 1 N–H and O–H groups in total. The van der Waals surface area contributed by atoms with Crippen LogP contribution in [0.3, 0.4) is 0 Å². The Hall–Kier alpha value is -1.92. The zero-order valence-electron chi connectivity index (χ0n) is 9.67. The zero-order valence-corrected chi connectivity index (χ0v) is 9.67. The average molecular weight is 226 g/mol. The van der Waals surface area contributed by atoms with E-state index in [0.29, 0.717) is 6.42 Å². The Bertz CT molecular complexity index is 559. The lowest BCUT2D eigenvalue weighted by atomic mass is 9.94. The Morgan fingerprint density at radius 1 is 1.41 bits per heavy atom. The van der Waals surface area contributed by atoms with Crippen LogP contribution < -0.4 is 0 Å². The summed E-state index contributed by atoms with van der Waals surface area (Å²) < 4.78 is 0. The molecule has 0 aliphatic carbocycles. The van der Waals surface area contributed by atoms with Gasteiger partial charge < -0.3 is 5.11 Å². The van der Waals surface area contributed by atoms with Gasteiger partial charge in [-0.2, -0.15) is 5.26 Å². The molecule has 0 saturated heterocycles. The highest BCUT2D eigenvalue weighted by Gasteiger charge is 2.18. The molecular formula is C14H14N2O. The van der Waals surface area contributed by atoms with Crippen LogP contribution in [0.2, 0.25) is 0 Å². The molecule has 0 aliphatic heterocycles. The molecule has 0 aliphatic rings. The molecular weight excluding hydrogens is 212 g/mol. The second-order valence-electron chi connectivity index (χ2n) is 4.04. The largest absolute Gasteiger partial charge is 0.387 e.